The van der Waals surface area contributed by atoms with Crippen molar-refractivity contribution < 1.29 is 4.79 Å². The van der Waals surface area contributed by atoms with Crippen LogP contribution < -0.4 is 0 Å². The summed E-state index contributed by atoms with van der Waals surface area (Å²) in [4.78, 5) is 10.2. The largest absolute Gasteiger partial charge is 0.299 e. The summed E-state index contributed by atoms with van der Waals surface area (Å²) >= 11 is 0. The van der Waals surface area contributed by atoms with Gasteiger partial charge in [-0.05, 0) is 22.8 Å². The standard InChI is InChI=1S/C15H12O/c16-12-4-5-13-8-10-15(11-9-13)14-6-2-1-3-7-14/h1-12H/b5-4-. The maximum atomic E-state index is 10.2. The average Bonchev–Trinajstić information content (AvgIpc) is 2.38. The number of benzene rings is 2. The summed E-state index contributed by atoms with van der Waals surface area (Å²) in [5.74, 6) is 0. The van der Waals surface area contributed by atoms with Crippen LogP contribution in [0.2, 0.25) is 0 Å². The Morgan fingerprint density at radius 1 is 0.750 bits per heavy atom. The van der Waals surface area contributed by atoms with E-state index in [2.05, 4.69) is 24.3 Å². The summed E-state index contributed by atoms with van der Waals surface area (Å²) in [5.41, 5.74) is 3.42. The molecule has 0 saturated carbocycles. The SMILES string of the molecule is O=C/C=C\c1ccc(-c2ccccc2)cc1. The molecule has 2 rings (SSSR count). The van der Waals surface area contributed by atoms with Gasteiger partial charge in [0.15, 0.2) is 0 Å². The molecule has 0 bridgehead atoms. The lowest BCUT2D eigenvalue weighted by Gasteiger charge is -2.01. The number of hydrogen-bond donors (Lipinski definition) is 0. The summed E-state index contributed by atoms with van der Waals surface area (Å²) in [6.45, 7) is 0. The van der Waals surface area contributed by atoms with Gasteiger partial charge in [-0.25, -0.2) is 0 Å². The lowest BCUT2D eigenvalue weighted by molar-refractivity contribution is -0.104. The molecule has 0 heterocycles. The molecule has 0 aliphatic rings. The van der Waals surface area contributed by atoms with E-state index in [-0.39, 0.29) is 0 Å². The third-order valence-electron chi connectivity index (χ3n) is 2.39. The summed E-state index contributed by atoms with van der Waals surface area (Å²) in [5, 5.41) is 0. The molecule has 0 atom stereocenters. The third kappa shape index (κ3) is 2.45. The van der Waals surface area contributed by atoms with Crippen molar-refractivity contribution in [1.82, 2.24) is 0 Å². The van der Waals surface area contributed by atoms with Crippen LogP contribution >= 0.6 is 0 Å². The molecule has 0 N–H and O–H groups in total. The minimum absolute atomic E-state index is 0.783. The number of allylic oxidation sites excluding steroid dienone is 1. The Morgan fingerprint density at radius 3 is 2.00 bits per heavy atom. The van der Waals surface area contributed by atoms with Crippen LogP contribution in [0.4, 0.5) is 0 Å². The van der Waals surface area contributed by atoms with E-state index in [9.17, 15) is 4.79 Å². The van der Waals surface area contributed by atoms with Crippen LogP contribution in [0, 0.1) is 0 Å². The van der Waals surface area contributed by atoms with Crippen LogP contribution in [-0.4, -0.2) is 6.29 Å². The number of hydrogen-bond acceptors (Lipinski definition) is 1. The smallest absolute Gasteiger partial charge is 0.142 e. The Kier molecular flexibility index (Phi) is 3.29. The molecule has 0 aliphatic heterocycles. The van der Waals surface area contributed by atoms with E-state index < -0.39 is 0 Å². The van der Waals surface area contributed by atoms with Gasteiger partial charge in [-0.3, -0.25) is 4.79 Å². The fraction of sp³-hybridized carbons (Fsp3) is 0. The van der Waals surface area contributed by atoms with Crippen molar-refractivity contribution in [2.75, 3.05) is 0 Å². The van der Waals surface area contributed by atoms with Gasteiger partial charge in [-0.1, -0.05) is 60.7 Å². The van der Waals surface area contributed by atoms with Crippen molar-refractivity contribution in [1.29, 1.82) is 0 Å². The second-order valence-electron chi connectivity index (χ2n) is 3.48. The highest BCUT2D eigenvalue weighted by Crippen LogP contribution is 2.19. The Hall–Kier alpha value is -2.15. The van der Waals surface area contributed by atoms with Crippen LogP contribution in [0.1, 0.15) is 5.56 Å². The zero-order chi connectivity index (χ0) is 11.2. The van der Waals surface area contributed by atoms with Crippen LogP contribution in [0.15, 0.2) is 60.7 Å². The average molecular weight is 208 g/mol. The van der Waals surface area contributed by atoms with Crippen LogP contribution in [0.3, 0.4) is 0 Å². The van der Waals surface area contributed by atoms with Gasteiger partial charge in [0.05, 0.1) is 0 Å². The Balaban J connectivity index is 2.26. The van der Waals surface area contributed by atoms with Crippen LogP contribution in [0.5, 0.6) is 0 Å². The van der Waals surface area contributed by atoms with E-state index >= 15 is 0 Å². The lowest BCUT2D eigenvalue weighted by Crippen LogP contribution is -1.77. The van der Waals surface area contributed by atoms with E-state index in [4.69, 9.17) is 0 Å². The van der Waals surface area contributed by atoms with Gasteiger partial charge in [-0.15, -0.1) is 0 Å². The zero-order valence-electron chi connectivity index (χ0n) is 8.84. The molecule has 0 amide bonds. The third-order valence-corrected chi connectivity index (χ3v) is 2.39. The molecule has 0 aromatic heterocycles. The van der Waals surface area contributed by atoms with E-state index in [1.807, 2.05) is 30.3 Å². The van der Waals surface area contributed by atoms with Gasteiger partial charge in [0.2, 0.25) is 0 Å². The second-order valence-corrected chi connectivity index (χ2v) is 3.48. The van der Waals surface area contributed by atoms with Crippen LogP contribution in [0.25, 0.3) is 17.2 Å². The zero-order valence-corrected chi connectivity index (χ0v) is 8.84. The van der Waals surface area contributed by atoms with Gasteiger partial charge < -0.3 is 0 Å². The molecule has 78 valence electrons. The van der Waals surface area contributed by atoms with Crippen LogP contribution in [-0.2, 0) is 4.79 Å². The summed E-state index contributed by atoms with van der Waals surface area (Å²) in [6.07, 6.45) is 4.07. The Labute approximate surface area is 95.1 Å². The van der Waals surface area contributed by atoms with Crippen molar-refractivity contribution in [3.63, 3.8) is 0 Å². The molecule has 1 nitrogen and oxygen atoms in total. The molecule has 0 radical (unpaired) electrons. The first-order chi connectivity index (χ1) is 7.90. The lowest BCUT2D eigenvalue weighted by atomic mass is 10.0. The maximum absolute atomic E-state index is 10.2. The fourth-order valence-corrected chi connectivity index (χ4v) is 1.57. The monoisotopic (exact) mass is 208 g/mol. The van der Waals surface area contributed by atoms with Gasteiger partial charge in [0.25, 0.3) is 0 Å². The Bertz CT molecular complexity index is 481. The molecular formula is C15H12O. The van der Waals surface area contributed by atoms with Gasteiger partial charge >= 0.3 is 0 Å². The second kappa shape index (κ2) is 5.08. The number of rotatable bonds is 3. The summed E-state index contributed by atoms with van der Waals surface area (Å²) in [7, 11) is 0. The molecule has 16 heavy (non-hydrogen) atoms. The summed E-state index contributed by atoms with van der Waals surface area (Å²) in [6, 6.07) is 18.3. The number of carbonyl (C=O) groups excluding carboxylic acids is 1. The van der Waals surface area contributed by atoms with Crippen molar-refractivity contribution >= 4 is 12.4 Å². The minimum Gasteiger partial charge on any atom is -0.299 e. The first-order valence-corrected chi connectivity index (χ1v) is 5.17. The molecule has 2 aromatic rings. The number of aldehydes is 1. The predicted molar refractivity (Wildman–Crippen MR) is 67.0 cm³/mol. The highest BCUT2D eigenvalue weighted by molar-refractivity contribution is 5.74. The molecule has 2 aromatic carbocycles. The van der Waals surface area contributed by atoms with Crippen molar-refractivity contribution in [2.24, 2.45) is 0 Å². The quantitative estimate of drug-likeness (QED) is 0.556. The molecule has 0 fully saturated rings. The van der Waals surface area contributed by atoms with Gasteiger partial charge in [0, 0.05) is 0 Å². The van der Waals surface area contributed by atoms with Gasteiger partial charge in [0.1, 0.15) is 6.29 Å². The van der Waals surface area contributed by atoms with E-state index in [0.29, 0.717) is 0 Å². The normalized spacial score (nSPS) is 10.5. The van der Waals surface area contributed by atoms with E-state index in [0.717, 1.165) is 11.8 Å². The minimum atomic E-state index is 0.783. The topological polar surface area (TPSA) is 17.1 Å². The van der Waals surface area contributed by atoms with E-state index in [1.165, 1.54) is 17.2 Å². The maximum Gasteiger partial charge on any atom is 0.142 e. The van der Waals surface area contributed by atoms with Crippen molar-refractivity contribution in [3.8, 4) is 11.1 Å². The van der Waals surface area contributed by atoms with Crippen molar-refractivity contribution in [2.45, 2.75) is 0 Å². The first kappa shape index (κ1) is 10.4. The van der Waals surface area contributed by atoms with Crippen molar-refractivity contribution in [3.05, 3.63) is 66.2 Å². The fourth-order valence-electron chi connectivity index (χ4n) is 1.57. The summed E-state index contributed by atoms with van der Waals surface area (Å²) < 4.78 is 0. The predicted octanol–water partition coefficient (Wildman–Crippen LogP) is 3.57. The molecule has 0 spiro atoms. The highest BCUT2D eigenvalue weighted by Gasteiger charge is 1.95. The van der Waals surface area contributed by atoms with E-state index in [1.54, 1.807) is 6.08 Å². The molecule has 0 aliphatic carbocycles. The number of carbonyl (C=O) groups is 1. The molecule has 0 saturated heterocycles. The first-order valence-electron chi connectivity index (χ1n) is 5.17. The molecule has 0 unspecified atom stereocenters. The Morgan fingerprint density at radius 2 is 1.38 bits per heavy atom. The van der Waals surface area contributed by atoms with Gasteiger partial charge in [-0.2, -0.15) is 0 Å². The molecule has 1 heteroatoms. The molecular weight excluding hydrogens is 196 g/mol. The highest BCUT2D eigenvalue weighted by atomic mass is 16.1.